The lowest BCUT2D eigenvalue weighted by Gasteiger charge is -2.15. The number of aliphatic hydroxyl groups is 2. The zero-order valence-electron chi connectivity index (χ0n) is 16.4. The van der Waals surface area contributed by atoms with Crippen LogP contribution in [-0.2, 0) is 23.9 Å². The van der Waals surface area contributed by atoms with Gasteiger partial charge in [0.1, 0.15) is 12.7 Å². The molecule has 0 amide bonds. The van der Waals surface area contributed by atoms with Gasteiger partial charge in [-0.1, -0.05) is 71.1 Å². The molecule has 1 aliphatic rings. The smallest absolute Gasteiger partial charge is 0.343 e. The molecule has 0 bridgehead atoms. The molecule has 0 radical (unpaired) electrons. The molecular weight excluding hydrogens is 352 g/mol. The Morgan fingerprint density at radius 1 is 1.00 bits per heavy atom. The summed E-state index contributed by atoms with van der Waals surface area (Å²) >= 11 is 0. The summed E-state index contributed by atoms with van der Waals surface area (Å²) in [6.07, 6.45) is 8.52. The van der Waals surface area contributed by atoms with Gasteiger partial charge in [-0.25, -0.2) is 4.79 Å². The third kappa shape index (κ3) is 9.33. The molecule has 1 heterocycles. The second-order valence-electron chi connectivity index (χ2n) is 7.20. The highest BCUT2D eigenvalue weighted by Crippen LogP contribution is 2.15. The molecule has 1 unspecified atom stereocenters. The second-order valence-corrected chi connectivity index (χ2v) is 7.20. The molecule has 0 spiro atoms. The first-order valence-electron chi connectivity index (χ1n) is 10.2. The van der Waals surface area contributed by atoms with Crippen LogP contribution in [0.4, 0.5) is 0 Å². The molecule has 0 aromatic rings. The lowest BCUT2D eigenvalue weighted by Crippen LogP contribution is -2.38. The highest BCUT2D eigenvalue weighted by molar-refractivity contribution is 6.09. The van der Waals surface area contributed by atoms with Gasteiger partial charge < -0.3 is 19.7 Å². The minimum absolute atomic E-state index is 0.255. The number of ether oxygens (including phenoxy) is 2. The van der Waals surface area contributed by atoms with Crippen LogP contribution < -0.4 is 0 Å². The minimum Gasteiger partial charge on any atom is -0.463 e. The van der Waals surface area contributed by atoms with Crippen molar-refractivity contribution in [2.75, 3.05) is 6.61 Å². The summed E-state index contributed by atoms with van der Waals surface area (Å²) in [6, 6.07) is 0. The molecule has 0 aromatic heterocycles. The van der Waals surface area contributed by atoms with Crippen LogP contribution in [0.1, 0.15) is 84.0 Å². The number of unbranched alkanes of at least 4 members (excludes halogenated alkanes) is 10. The third-order valence-electron chi connectivity index (χ3n) is 4.77. The van der Waals surface area contributed by atoms with E-state index in [9.17, 15) is 24.6 Å². The van der Waals surface area contributed by atoms with Gasteiger partial charge in [0.05, 0.1) is 0 Å². The van der Waals surface area contributed by atoms with Gasteiger partial charge in [0.25, 0.3) is 0 Å². The fraction of sp³-hybridized carbons (Fsp3) is 0.850. The number of hydrogen-bond donors (Lipinski definition) is 2. The monoisotopic (exact) mass is 386 g/mol. The lowest BCUT2D eigenvalue weighted by atomic mass is 10.1. The Labute approximate surface area is 161 Å². The van der Waals surface area contributed by atoms with E-state index in [2.05, 4.69) is 11.7 Å². The van der Waals surface area contributed by atoms with Gasteiger partial charge in [0.15, 0.2) is 6.10 Å². The molecule has 0 aromatic carbocycles. The molecule has 156 valence electrons. The number of aliphatic hydroxyl groups excluding tert-OH is 2. The topological polar surface area (TPSA) is 110 Å². The van der Waals surface area contributed by atoms with Crippen LogP contribution in [0.2, 0.25) is 0 Å². The van der Waals surface area contributed by atoms with Crippen LogP contribution in [-0.4, -0.2) is 52.9 Å². The molecule has 7 heteroatoms. The number of carbonyl (C=O) groups excluding carboxylic acids is 3. The molecule has 7 nitrogen and oxygen atoms in total. The van der Waals surface area contributed by atoms with Crippen LogP contribution in [0, 0.1) is 0 Å². The quantitative estimate of drug-likeness (QED) is 0.253. The van der Waals surface area contributed by atoms with Gasteiger partial charge >= 0.3 is 11.9 Å². The standard InChI is InChI=1S/C20H34O7/c1-2-3-4-5-6-7-8-9-10-11-12-13-16(22)26-14-15(21)19-17(23)18(24)20(25)27-19/h15,18-19,21,24H,2-14H2,1H3/t15-,18?,19+/m0/s1. The van der Waals surface area contributed by atoms with Crippen molar-refractivity contribution < 1.29 is 34.1 Å². The summed E-state index contributed by atoms with van der Waals surface area (Å²) < 4.78 is 9.49. The van der Waals surface area contributed by atoms with Crippen LogP contribution >= 0.6 is 0 Å². The minimum atomic E-state index is -1.86. The zero-order chi connectivity index (χ0) is 20.1. The average molecular weight is 386 g/mol. The van der Waals surface area contributed by atoms with Crippen LogP contribution in [0.5, 0.6) is 0 Å². The van der Waals surface area contributed by atoms with Crippen molar-refractivity contribution >= 4 is 17.7 Å². The van der Waals surface area contributed by atoms with Crippen molar-refractivity contribution in [1.82, 2.24) is 0 Å². The van der Waals surface area contributed by atoms with Crippen molar-refractivity contribution in [1.29, 1.82) is 0 Å². The summed E-state index contributed by atoms with van der Waals surface area (Å²) in [5.74, 6) is -2.45. The van der Waals surface area contributed by atoms with Gasteiger partial charge in [-0.05, 0) is 6.42 Å². The SMILES string of the molecule is CCCCCCCCCCCCCC(=O)OC[C@H](O)[C@H]1OC(=O)C(O)C1=O. The third-order valence-corrected chi connectivity index (χ3v) is 4.77. The molecule has 1 saturated heterocycles. The van der Waals surface area contributed by atoms with Crippen LogP contribution in [0.15, 0.2) is 0 Å². The molecule has 1 fully saturated rings. The fourth-order valence-electron chi connectivity index (χ4n) is 3.06. The number of cyclic esters (lactones) is 1. The Kier molecular flexibility index (Phi) is 11.9. The van der Waals surface area contributed by atoms with Crippen molar-refractivity contribution in [2.24, 2.45) is 0 Å². The Bertz CT molecular complexity index is 463. The predicted molar refractivity (Wildman–Crippen MR) is 98.9 cm³/mol. The van der Waals surface area contributed by atoms with Crippen LogP contribution in [0.3, 0.4) is 0 Å². The first-order valence-corrected chi connectivity index (χ1v) is 10.2. The van der Waals surface area contributed by atoms with Crippen molar-refractivity contribution in [3.05, 3.63) is 0 Å². The first-order chi connectivity index (χ1) is 13.0. The first kappa shape index (κ1) is 23.6. The van der Waals surface area contributed by atoms with E-state index in [1.807, 2.05) is 0 Å². The molecule has 0 aliphatic carbocycles. The number of carbonyl (C=O) groups is 3. The van der Waals surface area contributed by atoms with Gasteiger partial charge in [-0.2, -0.15) is 0 Å². The lowest BCUT2D eigenvalue weighted by molar-refractivity contribution is -0.156. The maximum Gasteiger partial charge on any atom is 0.343 e. The largest absolute Gasteiger partial charge is 0.463 e. The summed E-state index contributed by atoms with van der Waals surface area (Å²) in [4.78, 5) is 34.2. The predicted octanol–water partition coefficient (Wildman–Crippen LogP) is 2.45. The number of hydrogen-bond acceptors (Lipinski definition) is 7. The van der Waals surface area contributed by atoms with Gasteiger partial charge in [-0.15, -0.1) is 0 Å². The fourth-order valence-corrected chi connectivity index (χ4v) is 3.06. The maximum atomic E-state index is 11.7. The van der Waals surface area contributed by atoms with E-state index in [-0.39, 0.29) is 6.42 Å². The Balaban J connectivity index is 1.97. The molecule has 3 atom stereocenters. The van der Waals surface area contributed by atoms with Gasteiger partial charge in [-0.3, -0.25) is 9.59 Å². The van der Waals surface area contributed by atoms with Gasteiger partial charge in [0.2, 0.25) is 11.9 Å². The van der Waals surface area contributed by atoms with E-state index in [0.29, 0.717) is 0 Å². The number of rotatable bonds is 15. The molecule has 1 aliphatic heterocycles. The van der Waals surface area contributed by atoms with E-state index < -0.39 is 42.6 Å². The van der Waals surface area contributed by atoms with Crippen molar-refractivity contribution in [3.8, 4) is 0 Å². The summed E-state index contributed by atoms with van der Waals surface area (Å²) in [5, 5.41) is 19.0. The number of ketones is 1. The molecule has 0 saturated carbocycles. The van der Waals surface area contributed by atoms with E-state index in [1.165, 1.54) is 51.4 Å². The number of Topliss-reactive ketones (excluding diaryl/α,β-unsaturated/α-hetero) is 1. The van der Waals surface area contributed by atoms with Crippen molar-refractivity contribution in [2.45, 2.75) is 102 Å². The molecular formula is C20H34O7. The van der Waals surface area contributed by atoms with Gasteiger partial charge in [0, 0.05) is 6.42 Å². The molecule has 1 rings (SSSR count). The summed E-state index contributed by atoms with van der Waals surface area (Å²) in [6.45, 7) is 1.78. The van der Waals surface area contributed by atoms with E-state index in [1.54, 1.807) is 0 Å². The van der Waals surface area contributed by atoms with Crippen LogP contribution in [0.25, 0.3) is 0 Å². The van der Waals surface area contributed by atoms with E-state index in [4.69, 9.17) is 4.74 Å². The average Bonchev–Trinajstić information content (AvgIpc) is 2.91. The Morgan fingerprint density at radius 3 is 2.00 bits per heavy atom. The van der Waals surface area contributed by atoms with E-state index in [0.717, 1.165) is 19.3 Å². The Morgan fingerprint density at radius 2 is 1.52 bits per heavy atom. The second kappa shape index (κ2) is 13.7. The number of esters is 2. The molecule has 27 heavy (non-hydrogen) atoms. The van der Waals surface area contributed by atoms with E-state index >= 15 is 0 Å². The van der Waals surface area contributed by atoms with Crippen molar-refractivity contribution in [3.63, 3.8) is 0 Å². The maximum absolute atomic E-state index is 11.7. The normalized spacial score (nSPS) is 20.6. The highest BCUT2D eigenvalue weighted by atomic mass is 16.6. The highest BCUT2D eigenvalue weighted by Gasteiger charge is 2.46. The Hall–Kier alpha value is -1.47. The molecule has 2 N–H and O–H groups in total. The summed E-state index contributed by atoms with van der Waals surface area (Å²) in [7, 11) is 0. The summed E-state index contributed by atoms with van der Waals surface area (Å²) in [5.41, 5.74) is 0. The zero-order valence-corrected chi connectivity index (χ0v) is 16.4.